The van der Waals surface area contributed by atoms with E-state index in [1.165, 1.54) is 53.6 Å². The maximum atomic E-state index is 12.1. The van der Waals surface area contributed by atoms with Crippen molar-refractivity contribution in [1.82, 2.24) is 0 Å². The first-order chi connectivity index (χ1) is 13.5. The van der Waals surface area contributed by atoms with Gasteiger partial charge in [-0.1, -0.05) is 6.07 Å². The molecule has 0 bridgehead atoms. The van der Waals surface area contributed by atoms with Gasteiger partial charge in [0.25, 0.3) is 5.91 Å². The number of hydrogen-bond donors (Lipinski definition) is 1. The second-order valence-electron chi connectivity index (χ2n) is 6.18. The van der Waals surface area contributed by atoms with Crippen molar-refractivity contribution in [3.8, 4) is 5.75 Å². The van der Waals surface area contributed by atoms with Crippen molar-refractivity contribution in [3.05, 3.63) is 53.6 Å². The van der Waals surface area contributed by atoms with Gasteiger partial charge in [-0.3, -0.25) is 9.59 Å². The fourth-order valence-corrected chi connectivity index (χ4v) is 3.64. The minimum atomic E-state index is -2.91. The standard InChI is InChI=1S/C20H19F2NO4S/c21-20(22)27-16-7-5-15(6-8-16)23-18(24)11-26-19(25)12-28-17-9-4-13-2-1-3-14(13)10-17/h4-10,20H,1-3,11-12H2,(H,23,24). The number of amides is 1. The molecule has 0 fully saturated rings. The predicted molar refractivity (Wildman–Crippen MR) is 102 cm³/mol. The number of fused-ring (bicyclic) bond motifs is 1. The maximum absolute atomic E-state index is 12.1. The maximum Gasteiger partial charge on any atom is 0.387 e. The zero-order chi connectivity index (χ0) is 19.9. The van der Waals surface area contributed by atoms with E-state index >= 15 is 0 Å². The van der Waals surface area contributed by atoms with Crippen molar-refractivity contribution >= 4 is 29.3 Å². The van der Waals surface area contributed by atoms with Crippen molar-refractivity contribution in [1.29, 1.82) is 0 Å². The van der Waals surface area contributed by atoms with Gasteiger partial charge in [-0.15, -0.1) is 11.8 Å². The molecule has 0 saturated heterocycles. The van der Waals surface area contributed by atoms with Gasteiger partial charge >= 0.3 is 12.6 Å². The Labute approximate surface area is 165 Å². The molecule has 0 atom stereocenters. The molecule has 2 aromatic rings. The van der Waals surface area contributed by atoms with Gasteiger partial charge in [0.05, 0.1) is 5.75 Å². The average molecular weight is 407 g/mol. The first-order valence-corrected chi connectivity index (χ1v) is 9.73. The Bertz CT molecular complexity index is 843. The Hall–Kier alpha value is -2.61. The van der Waals surface area contributed by atoms with Crippen LogP contribution >= 0.6 is 11.8 Å². The summed E-state index contributed by atoms with van der Waals surface area (Å²) in [6.45, 7) is -3.33. The molecular formula is C20H19F2NO4S. The lowest BCUT2D eigenvalue weighted by Gasteiger charge is -2.08. The van der Waals surface area contributed by atoms with Crippen LogP contribution in [0.2, 0.25) is 0 Å². The molecule has 0 aliphatic heterocycles. The summed E-state index contributed by atoms with van der Waals surface area (Å²) < 4.78 is 33.4. The second-order valence-corrected chi connectivity index (χ2v) is 7.23. The van der Waals surface area contributed by atoms with E-state index in [0.717, 1.165) is 17.7 Å². The number of hydrogen-bond acceptors (Lipinski definition) is 5. The van der Waals surface area contributed by atoms with E-state index in [4.69, 9.17) is 4.74 Å². The van der Waals surface area contributed by atoms with Crippen molar-refractivity contribution < 1.29 is 27.8 Å². The molecule has 0 saturated carbocycles. The number of ether oxygens (including phenoxy) is 2. The third-order valence-electron chi connectivity index (χ3n) is 4.15. The van der Waals surface area contributed by atoms with Crippen LogP contribution in [-0.2, 0) is 27.2 Å². The smallest absolute Gasteiger partial charge is 0.387 e. The number of halogens is 2. The van der Waals surface area contributed by atoms with E-state index in [2.05, 4.69) is 22.2 Å². The van der Waals surface area contributed by atoms with Gasteiger partial charge in [-0.2, -0.15) is 8.78 Å². The molecule has 0 radical (unpaired) electrons. The minimum absolute atomic E-state index is 0.0111. The number of alkyl halides is 2. The van der Waals surface area contributed by atoms with E-state index in [0.29, 0.717) is 5.69 Å². The first-order valence-electron chi connectivity index (χ1n) is 8.74. The van der Waals surface area contributed by atoms with E-state index in [1.54, 1.807) is 0 Å². The summed E-state index contributed by atoms with van der Waals surface area (Å²) in [6.07, 6.45) is 3.35. The fraction of sp³-hybridized carbons (Fsp3) is 0.300. The molecule has 1 amide bonds. The highest BCUT2D eigenvalue weighted by atomic mass is 32.2. The van der Waals surface area contributed by atoms with Crippen LogP contribution in [0.15, 0.2) is 47.4 Å². The van der Waals surface area contributed by atoms with E-state index < -0.39 is 25.1 Å². The predicted octanol–water partition coefficient (Wildman–Crippen LogP) is 4.05. The van der Waals surface area contributed by atoms with Crippen molar-refractivity contribution in [2.75, 3.05) is 17.7 Å². The summed E-state index contributed by atoms with van der Waals surface area (Å²) >= 11 is 1.38. The van der Waals surface area contributed by atoms with Crippen molar-refractivity contribution in [3.63, 3.8) is 0 Å². The summed E-state index contributed by atoms with van der Waals surface area (Å²) in [5.41, 5.74) is 3.09. The monoisotopic (exact) mass is 407 g/mol. The molecule has 148 valence electrons. The SMILES string of the molecule is O=C(COC(=O)CSc1ccc2c(c1)CCC2)Nc1ccc(OC(F)F)cc1. The highest BCUT2D eigenvalue weighted by molar-refractivity contribution is 8.00. The van der Waals surface area contributed by atoms with Crippen LogP contribution < -0.4 is 10.1 Å². The lowest BCUT2D eigenvalue weighted by molar-refractivity contribution is -0.144. The summed E-state index contributed by atoms with van der Waals surface area (Å²) in [7, 11) is 0. The Morgan fingerprint density at radius 1 is 1.07 bits per heavy atom. The molecule has 0 unspecified atom stereocenters. The van der Waals surface area contributed by atoms with Crippen LogP contribution in [0, 0.1) is 0 Å². The van der Waals surface area contributed by atoms with Crippen molar-refractivity contribution in [2.45, 2.75) is 30.8 Å². The quantitative estimate of drug-likeness (QED) is 0.528. The Morgan fingerprint density at radius 3 is 2.57 bits per heavy atom. The Balaban J connectivity index is 1.38. The highest BCUT2D eigenvalue weighted by Crippen LogP contribution is 2.27. The van der Waals surface area contributed by atoms with E-state index in [-0.39, 0.29) is 11.5 Å². The number of carbonyl (C=O) groups is 2. The summed E-state index contributed by atoms with van der Waals surface area (Å²) in [4.78, 5) is 24.7. The number of thioether (sulfide) groups is 1. The summed E-state index contributed by atoms with van der Waals surface area (Å²) in [5, 5.41) is 2.51. The normalized spacial score (nSPS) is 12.5. The number of carbonyl (C=O) groups excluding carboxylic acids is 2. The minimum Gasteiger partial charge on any atom is -0.455 e. The first kappa shape index (κ1) is 20.1. The topological polar surface area (TPSA) is 64.6 Å². The zero-order valence-corrected chi connectivity index (χ0v) is 15.8. The van der Waals surface area contributed by atoms with E-state index in [9.17, 15) is 18.4 Å². The molecule has 8 heteroatoms. The number of esters is 1. The number of rotatable bonds is 8. The third kappa shape index (κ3) is 5.95. The zero-order valence-electron chi connectivity index (χ0n) is 15.0. The molecule has 3 rings (SSSR count). The van der Waals surface area contributed by atoms with Gasteiger partial charge in [-0.05, 0) is 66.8 Å². The molecule has 1 aliphatic rings. The van der Waals surface area contributed by atoms with E-state index in [1.807, 2.05) is 6.07 Å². The molecule has 0 heterocycles. The van der Waals surface area contributed by atoms with Gasteiger partial charge in [0, 0.05) is 10.6 Å². The van der Waals surface area contributed by atoms with Crippen molar-refractivity contribution in [2.24, 2.45) is 0 Å². The number of nitrogens with one attached hydrogen (secondary N) is 1. The lowest BCUT2D eigenvalue weighted by Crippen LogP contribution is -2.21. The van der Waals surface area contributed by atoms with Crippen LogP contribution in [0.5, 0.6) is 5.75 Å². The van der Waals surface area contributed by atoms with Gasteiger partial charge in [0.1, 0.15) is 5.75 Å². The molecular weight excluding hydrogens is 388 g/mol. The molecule has 1 aliphatic carbocycles. The van der Waals surface area contributed by atoms with Crippen LogP contribution in [-0.4, -0.2) is 30.8 Å². The summed E-state index contributed by atoms with van der Waals surface area (Å²) in [6, 6.07) is 11.6. The van der Waals surface area contributed by atoms with Gasteiger partial charge in [-0.25, -0.2) is 0 Å². The molecule has 0 spiro atoms. The number of aryl methyl sites for hydroxylation is 2. The number of anilines is 1. The van der Waals surface area contributed by atoms with Crippen LogP contribution in [0.25, 0.3) is 0 Å². The Morgan fingerprint density at radius 2 is 1.82 bits per heavy atom. The van der Waals surface area contributed by atoms with Crippen LogP contribution in [0.4, 0.5) is 14.5 Å². The molecule has 5 nitrogen and oxygen atoms in total. The molecule has 28 heavy (non-hydrogen) atoms. The largest absolute Gasteiger partial charge is 0.455 e. The molecule has 2 aromatic carbocycles. The molecule has 1 N–H and O–H groups in total. The van der Waals surface area contributed by atoms with Gasteiger partial charge in [0.2, 0.25) is 0 Å². The highest BCUT2D eigenvalue weighted by Gasteiger charge is 2.13. The fourth-order valence-electron chi connectivity index (χ4n) is 2.88. The summed E-state index contributed by atoms with van der Waals surface area (Å²) in [5.74, 6) is -0.895. The van der Waals surface area contributed by atoms with Gasteiger partial charge < -0.3 is 14.8 Å². The lowest BCUT2D eigenvalue weighted by atomic mass is 10.1. The third-order valence-corrected chi connectivity index (χ3v) is 5.12. The average Bonchev–Trinajstić information content (AvgIpc) is 3.13. The van der Waals surface area contributed by atoms with Crippen LogP contribution in [0.1, 0.15) is 17.5 Å². The second kappa shape index (κ2) is 9.54. The molecule has 0 aromatic heterocycles. The number of benzene rings is 2. The van der Waals surface area contributed by atoms with Gasteiger partial charge in [0.15, 0.2) is 6.61 Å². The Kier molecular flexibility index (Phi) is 6.86. The van der Waals surface area contributed by atoms with Crippen LogP contribution in [0.3, 0.4) is 0 Å².